The first-order valence-corrected chi connectivity index (χ1v) is 9.90. The Morgan fingerprint density at radius 1 is 1.40 bits per heavy atom. The van der Waals surface area contributed by atoms with Gasteiger partial charge in [-0.2, -0.15) is 0 Å². The van der Waals surface area contributed by atoms with Gasteiger partial charge in [0.05, 0.1) is 18.1 Å². The van der Waals surface area contributed by atoms with E-state index < -0.39 is 0 Å². The number of methoxy groups -OCH3 is 1. The summed E-state index contributed by atoms with van der Waals surface area (Å²) in [4.78, 5) is 13.7. The smallest absolute Gasteiger partial charge is 0.261 e. The number of fused-ring (bicyclic) bond motifs is 1. The molecule has 5 heteroatoms. The largest absolute Gasteiger partial charge is 0.497 e. The predicted molar refractivity (Wildman–Crippen MR) is 101 cm³/mol. The molecule has 1 heterocycles. The topological polar surface area (TPSA) is 47.6 Å². The Bertz CT molecular complexity index is 809. The Morgan fingerprint density at radius 3 is 2.84 bits per heavy atom. The van der Waals surface area contributed by atoms with Gasteiger partial charge >= 0.3 is 0 Å². The van der Waals surface area contributed by atoms with E-state index in [4.69, 9.17) is 9.47 Å². The zero-order chi connectivity index (χ0) is 17.6. The standard InChI is InChI=1S/C20H25NO3S/c1-4-24-17-11-16(20(17)8-5-9-20)21-19(22)18-12(2)14-10-13(23-3)6-7-15(14)25-18/h6-7,10,16-17H,4-5,8-9,11H2,1-3H3,(H,21,22)/t16-,17-/m1/s1. The lowest BCUT2D eigenvalue weighted by Crippen LogP contribution is -2.67. The Morgan fingerprint density at radius 2 is 2.20 bits per heavy atom. The molecule has 0 radical (unpaired) electrons. The molecule has 0 bridgehead atoms. The Labute approximate surface area is 152 Å². The second-order valence-electron chi connectivity index (χ2n) is 7.21. The van der Waals surface area contributed by atoms with Crippen molar-refractivity contribution in [1.82, 2.24) is 5.32 Å². The van der Waals surface area contributed by atoms with E-state index in [2.05, 4.69) is 5.32 Å². The molecule has 1 aromatic heterocycles. The maximum Gasteiger partial charge on any atom is 0.261 e. The highest BCUT2D eigenvalue weighted by molar-refractivity contribution is 7.21. The number of carbonyl (C=O) groups excluding carboxylic acids is 1. The van der Waals surface area contributed by atoms with Crippen LogP contribution in [-0.2, 0) is 4.74 Å². The summed E-state index contributed by atoms with van der Waals surface area (Å²) in [6.45, 7) is 4.83. The number of carbonyl (C=O) groups is 1. The third-order valence-electron chi connectivity index (χ3n) is 6.09. The number of ether oxygens (including phenoxy) is 2. The van der Waals surface area contributed by atoms with Crippen LogP contribution >= 0.6 is 11.3 Å². The van der Waals surface area contributed by atoms with Crippen LogP contribution in [0.1, 0.15) is 47.8 Å². The van der Waals surface area contributed by atoms with Crippen molar-refractivity contribution in [3.05, 3.63) is 28.6 Å². The second-order valence-corrected chi connectivity index (χ2v) is 8.26. The van der Waals surface area contributed by atoms with Crippen LogP contribution in [-0.4, -0.2) is 31.8 Å². The maximum absolute atomic E-state index is 12.9. The molecule has 4 nitrogen and oxygen atoms in total. The third-order valence-corrected chi connectivity index (χ3v) is 7.36. The third kappa shape index (κ3) is 2.56. The number of amides is 1. The van der Waals surface area contributed by atoms with Gasteiger partial charge in [-0.25, -0.2) is 0 Å². The highest BCUT2D eigenvalue weighted by atomic mass is 32.1. The van der Waals surface area contributed by atoms with Gasteiger partial charge in [-0.3, -0.25) is 4.79 Å². The normalized spacial score (nSPS) is 24.0. The molecule has 1 N–H and O–H groups in total. The highest BCUT2D eigenvalue weighted by Crippen LogP contribution is 2.57. The van der Waals surface area contributed by atoms with Crippen LogP contribution in [0.3, 0.4) is 0 Å². The van der Waals surface area contributed by atoms with Crippen molar-refractivity contribution in [3.8, 4) is 5.75 Å². The van der Waals surface area contributed by atoms with Crippen molar-refractivity contribution in [1.29, 1.82) is 0 Å². The molecule has 1 amide bonds. The van der Waals surface area contributed by atoms with E-state index in [1.807, 2.05) is 32.0 Å². The van der Waals surface area contributed by atoms with Crippen LogP contribution in [0.25, 0.3) is 10.1 Å². The summed E-state index contributed by atoms with van der Waals surface area (Å²) in [5.74, 6) is 0.885. The molecule has 25 heavy (non-hydrogen) atoms. The van der Waals surface area contributed by atoms with E-state index in [0.29, 0.717) is 6.10 Å². The zero-order valence-corrected chi connectivity index (χ0v) is 15.9. The van der Waals surface area contributed by atoms with E-state index in [-0.39, 0.29) is 17.4 Å². The molecule has 4 rings (SSSR count). The average molecular weight is 359 g/mol. The van der Waals surface area contributed by atoms with Crippen LogP contribution in [0, 0.1) is 12.3 Å². The van der Waals surface area contributed by atoms with Gasteiger partial charge in [-0.05, 0) is 62.3 Å². The maximum atomic E-state index is 12.9. The molecule has 0 saturated heterocycles. The molecule has 2 saturated carbocycles. The van der Waals surface area contributed by atoms with Gasteiger partial charge in [-0.1, -0.05) is 6.42 Å². The quantitative estimate of drug-likeness (QED) is 0.866. The highest BCUT2D eigenvalue weighted by Gasteiger charge is 2.59. The SMILES string of the molecule is CCO[C@@H]1C[C@@H](NC(=O)c2sc3ccc(OC)cc3c2C)C12CCC2. The molecule has 2 aliphatic rings. The fraction of sp³-hybridized carbons (Fsp3) is 0.550. The monoisotopic (exact) mass is 359 g/mol. The van der Waals surface area contributed by atoms with E-state index >= 15 is 0 Å². The van der Waals surface area contributed by atoms with Crippen LogP contribution in [0.15, 0.2) is 18.2 Å². The van der Waals surface area contributed by atoms with Gasteiger partial charge < -0.3 is 14.8 Å². The molecule has 1 aromatic carbocycles. The first-order chi connectivity index (χ1) is 12.1. The number of aryl methyl sites for hydroxylation is 1. The van der Waals surface area contributed by atoms with Crippen molar-refractivity contribution in [2.45, 2.75) is 51.7 Å². The zero-order valence-electron chi connectivity index (χ0n) is 15.1. The summed E-state index contributed by atoms with van der Waals surface area (Å²) < 4.78 is 12.3. The van der Waals surface area contributed by atoms with Crippen molar-refractivity contribution in [2.75, 3.05) is 13.7 Å². The van der Waals surface area contributed by atoms with E-state index in [9.17, 15) is 4.79 Å². The van der Waals surface area contributed by atoms with Gasteiger partial charge in [0.25, 0.3) is 5.91 Å². The van der Waals surface area contributed by atoms with Crippen LogP contribution in [0.5, 0.6) is 5.75 Å². The number of benzene rings is 1. The average Bonchev–Trinajstić information content (AvgIpc) is 2.88. The van der Waals surface area contributed by atoms with Crippen LogP contribution < -0.4 is 10.1 Å². The lowest BCUT2D eigenvalue weighted by Gasteiger charge is -2.60. The van der Waals surface area contributed by atoms with E-state index in [1.165, 1.54) is 19.3 Å². The fourth-order valence-corrected chi connectivity index (χ4v) is 5.50. The first kappa shape index (κ1) is 16.9. The summed E-state index contributed by atoms with van der Waals surface area (Å²) >= 11 is 1.57. The number of thiophene rings is 1. The molecule has 2 atom stereocenters. The summed E-state index contributed by atoms with van der Waals surface area (Å²) in [5, 5.41) is 4.41. The Balaban J connectivity index is 1.54. The molecule has 1 spiro atoms. The number of nitrogens with one attached hydrogen (secondary N) is 1. The number of hydrogen-bond donors (Lipinski definition) is 1. The summed E-state index contributed by atoms with van der Waals surface area (Å²) in [6.07, 6.45) is 4.86. The van der Waals surface area contributed by atoms with Crippen molar-refractivity contribution in [2.24, 2.45) is 5.41 Å². The summed E-state index contributed by atoms with van der Waals surface area (Å²) in [5.41, 5.74) is 1.24. The minimum absolute atomic E-state index is 0.0592. The molecule has 2 aliphatic carbocycles. The lowest BCUT2D eigenvalue weighted by atomic mass is 9.51. The minimum Gasteiger partial charge on any atom is -0.497 e. The Hall–Kier alpha value is -1.59. The van der Waals surface area contributed by atoms with Gasteiger partial charge in [-0.15, -0.1) is 11.3 Å². The fourth-order valence-electron chi connectivity index (χ4n) is 4.41. The molecule has 0 aliphatic heterocycles. The Kier molecular flexibility index (Phi) is 4.24. The van der Waals surface area contributed by atoms with Crippen molar-refractivity contribution < 1.29 is 14.3 Å². The van der Waals surface area contributed by atoms with Gasteiger partial charge in [0, 0.05) is 22.8 Å². The van der Waals surface area contributed by atoms with E-state index in [1.54, 1.807) is 18.4 Å². The second kappa shape index (κ2) is 6.29. The molecule has 2 aromatic rings. The van der Waals surface area contributed by atoms with Crippen molar-refractivity contribution in [3.63, 3.8) is 0 Å². The van der Waals surface area contributed by atoms with Gasteiger partial charge in [0.1, 0.15) is 5.75 Å². The van der Waals surface area contributed by atoms with E-state index in [0.717, 1.165) is 39.3 Å². The lowest BCUT2D eigenvalue weighted by molar-refractivity contribution is -0.169. The minimum atomic E-state index is 0.0592. The van der Waals surface area contributed by atoms with Gasteiger partial charge in [0.2, 0.25) is 0 Å². The molecule has 134 valence electrons. The molecular weight excluding hydrogens is 334 g/mol. The number of hydrogen-bond acceptors (Lipinski definition) is 4. The number of rotatable bonds is 5. The van der Waals surface area contributed by atoms with Crippen LogP contribution in [0.2, 0.25) is 0 Å². The molecule has 2 fully saturated rings. The molecule has 0 unspecified atom stereocenters. The van der Waals surface area contributed by atoms with Crippen molar-refractivity contribution >= 4 is 27.3 Å². The predicted octanol–water partition coefficient (Wildman–Crippen LogP) is 4.30. The summed E-state index contributed by atoms with van der Waals surface area (Å²) in [6, 6.07) is 6.25. The molecular formula is C20H25NO3S. The first-order valence-electron chi connectivity index (χ1n) is 9.08. The van der Waals surface area contributed by atoms with Crippen LogP contribution in [0.4, 0.5) is 0 Å². The van der Waals surface area contributed by atoms with Gasteiger partial charge in [0.15, 0.2) is 0 Å². The summed E-state index contributed by atoms with van der Waals surface area (Å²) in [7, 11) is 1.67.